The Hall–Kier alpha value is -1.67. The zero-order valence-electron chi connectivity index (χ0n) is 11.7. The van der Waals surface area contributed by atoms with E-state index in [4.69, 9.17) is 17.0 Å². The van der Waals surface area contributed by atoms with E-state index in [0.717, 1.165) is 31.7 Å². The highest BCUT2D eigenvalue weighted by molar-refractivity contribution is 7.80. The van der Waals surface area contributed by atoms with Crippen molar-refractivity contribution in [3.8, 4) is 0 Å². The van der Waals surface area contributed by atoms with Crippen LogP contribution in [0.25, 0.3) is 0 Å². The van der Waals surface area contributed by atoms with Crippen LogP contribution in [0, 0.1) is 0 Å². The molecule has 1 aliphatic rings. The molecule has 1 heterocycles. The van der Waals surface area contributed by atoms with E-state index in [0.29, 0.717) is 6.54 Å². The van der Waals surface area contributed by atoms with E-state index >= 15 is 0 Å². The fourth-order valence-corrected chi connectivity index (χ4v) is 2.22. The number of hydrazone groups is 1. The molecule has 0 saturated carbocycles. The standard InChI is InChI=1S/C14H16F3N3OS/c15-14(16,17)12-6-2-1-4-10(12)8-19-20-13(22)18-9-11-5-3-7-21-11/h1-2,4,6,8,11H,3,5,7,9H2,(H2,18,20,22)/b19-8+. The number of halogens is 3. The maximum Gasteiger partial charge on any atom is 0.417 e. The van der Waals surface area contributed by atoms with Gasteiger partial charge in [-0.2, -0.15) is 18.3 Å². The lowest BCUT2D eigenvalue weighted by molar-refractivity contribution is -0.137. The van der Waals surface area contributed by atoms with Crippen molar-refractivity contribution in [2.24, 2.45) is 5.10 Å². The summed E-state index contributed by atoms with van der Waals surface area (Å²) in [5.74, 6) is 0. The van der Waals surface area contributed by atoms with Crippen LogP contribution < -0.4 is 10.7 Å². The molecule has 0 aromatic heterocycles. The van der Waals surface area contributed by atoms with Gasteiger partial charge in [-0.25, -0.2) is 0 Å². The van der Waals surface area contributed by atoms with E-state index < -0.39 is 11.7 Å². The predicted octanol–water partition coefficient (Wildman–Crippen LogP) is 2.68. The summed E-state index contributed by atoms with van der Waals surface area (Å²) in [5.41, 5.74) is 1.74. The third-order valence-corrected chi connectivity index (χ3v) is 3.39. The van der Waals surface area contributed by atoms with Crippen LogP contribution in [0.1, 0.15) is 24.0 Å². The molecule has 0 radical (unpaired) electrons. The molecule has 120 valence electrons. The molecule has 8 heteroatoms. The molecule has 0 amide bonds. The van der Waals surface area contributed by atoms with Gasteiger partial charge in [-0.15, -0.1) is 0 Å². The predicted molar refractivity (Wildman–Crippen MR) is 81.7 cm³/mol. The van der Waals surface area contributed by atoms with Crippen LogP contribution >= 0.6 is 12.2 Å². The number of thiocarbonyl (C=S) groups is 1. The maximum atomic E-state index is 12.8. The number of nitrogens with one attached hydrogen (secondary N) is 2. The minimum Gasteiger partial charge on any atom is -0.376 e. The van der Waals surface area contributed by atoms with Gasteiger partial charge in [-0.05, 0) is 31.1 Å². The van der Waals surface area contributed by atoms with Crippen LogP contribution in [0.4, 0.5) is 13.2 Å². The highest BCUT2D eigenvalue weighted by Crippen LogP contribution is 2.30. The number of rotatable bonds is 4. The Labute approximate surface area is 131 Å². The van der Waals surface area contributed by atoms with Crippen LogP contribution in [-0.2, 0) is 10.9 Å². The molecule has 4 nitrogen and oxygen atoms in total. The molecule has 1 aromatic rings. The van der Waals surface area contributed by atoms with Crippen LogP contribution in [0.5, 0.6) is 0 Å². The van der Waals surface area contributed by atoms with Crippen molar-refractivity contribution in [3.05, 3.63) is 35.4 Å². The van der Waals surface area contributed by atoms with Gasteiger partial charge in [0.2, 0.25) is 0 Å². The van der Waals surface area contributed by atoms with Gasteiger partial charge in [-0.3, -0.25) is 5.43 Å². The van der Waals surface area contributed by atoms with Gasteiger partial charge in [0, 0.05) is 18.7 Å². The molecule has 1 unspecified atom stereocenters. The number of ether oxygens (including phenoxy) is 1. The lowest BCUT2D eigenvalue weighted by Crippen LogP contribution is -2.37. The molecule has 1 aliphatic heterocycles. The fraction of sp³-hybridized carbons (Fsp3) is 0.429. The van der Waals surface area contributed by atoms with Gasteiger partial charge < -0.3 is 10.1 Å². The molecule has 22 heavy (non-hydrogen) atoms. The van der Waals surface area contributed by atoms with Crippen molar-refractivity contribution in [3.63, 3.8) is 0 Å². The molecule has 0 spiro atoms. The second-order valence-corrected chi connectivity index (χ2v) is 5.21. The Morgan fingerprint density at radius 3 is 2.86 bits per heavy atom. The average Bonchev–Trinajstić information content (AvgIpc) is 2.98. The third kappa shape index (κ3) is 4.96. The SMILES string of the molecule is FC(F)(F)c1ccccc1/C=N/NC(=S)NCC1CCCO1. The zero-order chi connectivity index (χ0) is 16.0. The van der Waals surface area contributed by atoms with Gasteiger partial charge in [0.05, 0.1) is 17.9 Å². The van der Waals surface area contributed by atoms with Crippen LogP contribution in [-0.4, -0.2) is 30.6 Å². The topological polar surface area (TPSA) is 45.7 Å². The summed E-state index contributed by atoms with van der Waals surface area (Å²) in [6.07, 6.45) is -1.20. The van der Waals surface area contributed by atoms with Crippen LogP contribution in [0.3, 0.4) is 0 Å². The lowest BCUT2D eigenvalue weighted by Gasteiger charge is -2.12. The summed E-state index contributed by atoms with van der Waals surface area (Å²) >= 11 is 5.00. The van der Waals surface area contributed by atoms with Crippen molar-refractivity contribution in [1.82, 2.24) is 10.7 Å². The molecule has 1 aromatic carbocycles. The first-order valence-corrected chi connectivity index (χ1v) is 7.22. The monoisotopic (exact) mass is 331 g/mol. The summed E-state index contributed by atoms with van der Waals surface area (Å²) in [5, 5.41) is 6.90. The molecule has 1 saturated heterocycles. The first-order valence-electron chi connectivity index (χ1n) is 6.81. The largest absolute Gasteiger partial charge is 0.417 e. The van der Waals surface area contributed by atoms with Crippen LogP contribution in [0.15, 0.2) is 29.4 Å². The number of nitrogens with zero attached hydrogens (tertiary/aromatic N) is 1. The quantitative estimate of drug-likeness (QED) is 0.506. The van der Waals surface area contributed by atoms with Gasteiger partial charge >= 0.3 is 6.18 Å². The number of alkyl halides is 3. The second kappa shape index (κ2) is 7.55. The first-order chi connectivity index (χ1) is 10.5. The Kier molecular flexibility index (Phi) is 5.73. The third-order valence-electron chi connectivity index (χ3n) is 3.15. The minimum absolute atomic E-state index is 0.0237. The second-order valence-electron chi connectivity index (χ2n) is 4.80. The van der Waals surface area contributed by atoms with Crippen molar-refractivity contribution in [1.29, 1.82) is 0 Å². The van der Waals surface area contributed by atoms with Crippen molar-refractivity contribution >= 4 is 23.5 Å². The lowest BCUT2D eigenvalue weighted by atomic mass is 10.1. The molecule has 2 rings (SSSR count). The maximum absolute atomic E-state index is 12.8. The smallest absolute Gasteiger partial charge is 0.376 e. The summed E-state index contributed by atoms with van der Waals surface area (Å²) in [4.78, 5) is 0. The van der Waals surface area contributed by atoms with E-state index in [1.807, 2.05) is 0 Å². The fourth-order valence-electron chi connectivity index (χ4n) is 2.08. The molecule has 0 aliphatic carbocycles. The summed E-state index contributed by atoms with van der Waals surface area (Å²) in [7, 11) is 0. The summed E-state index contributed by atoms with van der Waals surface area (Å²) in [6.45, 7) is 1.30. The van der Waals surface area contributed by atoms with Crippen molar-refractivity contribution in [2.75, 3.05) is 13.2 Å². The van der Waals surface area contributed by atoms with Gasteiger partial charge in [0.1, 0.15) is 0 Å². The molecule has 1 atom stereocenters. The van der Waals surface area contributed by atoms with E-state index in [-0.39, 0.29) is 16.8 Å². The van der Waals surface area contributed by atoms with E-state index in [1.165, 1.54) is 18.2 Å². The highest BCUT2D eigenvalue weighted by Gasteiger charge is 2.32. The summed E-state index contributed by atoms with van der Waals surface area (Å²) < 4.78 is 43.8. The zero-order valence-corrected chi connectivity index (χ0v) is 12.5. The minimum atomic E-state index is -4.42. The van der Waals surface area contributed by atoms with Gasteiger partial charge in [-0.1, -0.05) is 18.2 Å². The van der Waals surface area contributed by atoms with Crippen LogP contribution in [0.2, 0.25) is 0 Å². The molecule has 1 fully saturated rings. The summed E-state index contributed by atoms with van der Waals surface area (Å²) in [6, 6.07) is 5.21. The normalized spacial score (nSPS) is 18.6. The average molecular weight is 331 g/mol. The molecule has 2 N–H and O–H groups in total. The Morgan fingerprint density at radius 1 is 1.41 bits per heavy atom. The Morgan fingerprint density at radius 2 is 2.18 bits per heavy atom. The van der Waals surface area contributed by atoms with Crippen molar-refractivity contribution < 1.29 is 17.9 Å². The van der Waals surface area contributed by atoms with Gasteiger partial charge in [0.25, 0.3) is 0 Å². The highest BCUT2D eigenvalue weighted by atomic mass is 32.1. The van der Waals surface area contributed by atoms with E-state index in [2.05, 4.69) is 15.8 Å². The Bertz CT molecular complexity index is 542. The number of hydrogen-bond acceptors (Lipinski definition) is 3. The first kappa shape index (κ1) is 16.7. The number of benzene rings is 1. The molecular weight excluding hydrogens is 315 g/mol. The Balaban J connectivity index is 1.85. The number of hydrogen-bond donors (Lipinski definition) is 2. The molecular formula is C14H16F3N3OS. The van der Waals surface area contributed by atoms with E-state index in [9.17, 15) is 13.2 Å². The molecule has 0 bridgehead atoms. The van der Waals surface area contributed by atoms with Crippen molar-refractivity contribution in [2.45, 2.75) is 25.1 Å². The van der Waals surface area contributed by atoms with Gasteiger partial charge in [0.15, 0.2) is 5.11 Å². The van der Waals surface area contributed by atoms with E-state index in [1.54, 1.807) is 0 Å².